The number of hydrogen-bond acceptors (Lipinski definition) is 1. The molecule has 2 heteroatoms. The Bertz CT molecular complexity index is 77.0. The number of halogens is 1. The molecular weight excluding hydrogens is 117 g/mol. The molecule has 0 bridgehead atoms. The van der Waals surface area contributed by atoms with Crippen LogP contribution < -0.4 is 5.73 Å². The predicted octanol–water partition coefficient (Wildman–Crippen LogP) is 1.33. The maximum atomic E-state index is 12.0. The summed E-state index contributed by atoms with van der Waals surface area (Å²) in [5.41, 5.74) is 5.32. The van der Waals surface area contributed by atoms with E-state index >= 15 is 0 Å². The number of nitrogens with two attached hydrogens (primary N) is 1. The average molecular weight is 131 g/mol. The summed E-state index contributed by atoms with van der Waals surface area (Å²) in [6.07, 6.45) is 3.63. The minimum atomic E-state index is -0.229. The first-order valence-corrected chi connectivity index (χ1v) is 3.62. The molecule has 0 aromatic heterocycles. The summed E-state index contributed by atoms with van der Waals surface area (Å²) in [6.45, 7) is 0.292. The summed E-state index contributed by atoms with van der Waals surface area (Å²) in [4.78, 5) is 0. The van der Waals surface area contributed by atoms with Gasteiger partial charge in [-0.2, -0.15) is 0 Å². The van der Waals surface area contributed by atoms with Crippen molar-refractivity contribution in [3.63, 3.8) is 0 Å². The van der Waals surface area contributed by atoms with E-state index in [1.807, 2.05) is 0 Å². The van der Waals surface area contributed by atoms with Crippen LogP contribution in [-0.2, 0) is 0 Å². The van der Waals surface area contributed by atoms with Gasteiger partial charge in [0.1, 0.15) is 0 Å². The standard InChI is InChI=1S/C7H14FN/c8-4-7(5-9)3-6-1-2-6/h6-7H,1-5,9H2. The third kappa shape index (κ3) is 2.31. The van der Waals surface area contributed by atoms with Crippen molar-refractivity contribution in [2.75, 3.05) is 13.2 Å². The Balaban J connectivity index is 2.05. The highest BCUT2D eigenvalue weighted by Gasteiger charge is 2.24. The van der Waals surface area contributed by atoms with Crippen LogP contribution in [0.25, 0.3) is 0 Å². The van der Waals surface area contributed by atoms with Gasteiger partial charge in [0.25, 0.3) is 0 Å². The molecule has 1 saturated carbocycles. The van der Waals surface area contributed by atoms with E-state index in [0.29, 0.717) is 6.54 Å². The molecule has 1 unspecified atom stereocenters. The molecule has 0 spiro atoms. The Morgan fingerprint density at radius 2 is 2.22 bits per heavy atom. The minimum Gasteiger partial charge on any atom is -0.330 e. The normalized spacial score (nSPS) is 22.0. The van der Waals surface area contributed by atoms with E-state index in [4.69, 9.17) is 5.73 Å². The zero-order valence-corrected chi connectivity index (χ0v) is 5.65. The second-order valence-corrected chi connectivity index (χ2v) is 2.94. The monoisotopic (exact) mass is 131 g/mol. The Labute approximate surface area is 55.4 Å². The molecule has 2 N–H and O–H groups in total. The van der Waals surface area contributed by atoms with Gasteiger partial charge < -0.3 is 5.73 Å². The van der Waals surface area contributed by atoms with Gasteiger partial charge in [0.2, 0.25) is 0 Å². The zero-order chi connectivity index (χ0) is 6.69. The van der Waals surface area contributed by atoms with E-state index in [-0.39, 0.29) is 12.6 Å². The lowest BCUT2D eigenvalue weighted by atomic mass is 10.0. The van der Waals surface area contributed by atoms with E-state index in [2.05, 4.69) is 0 Å². The van der Waals surface area contributed by atoms with Crippen LogP contribution in [0.2, 0.25) is 0 Å². The van der Waals surface area contributed by atoms with Crippen molar-refractivity contribution < 1.29 is 4.39 Å². The van der Waals surface area contributed by atoms with E-state index in [1.54, 1.807) is 0 Å². The van der Waals surface area contributed by atoms with Crippen molar-refractivity contribution in [1.29, 1.82) is 0 Å². The van der Waals surface area contributed by atoms with Crippen LogP contribution in [0.5, 0.6) is 0 Å². The second-order valence-electron chi connectivity index (χ2n) is 2.94. The smallest absolute Gasteiger partial charge is 0.0934 e. The first kappa shape index (κ1) is 7.00. The molecule has 0 aromatic carbocycles. The molecule has 1 atom stereocenters. The molecule has 0 saturated heterocycles. The van der Waals surface area contributed by atoms with E-state index < -0.39 is 0 Å². The van der Waals surface area contributed by atoms with Gasteiger partial charge in [-0.25, -0.2) is 0 Å². The topological polar surface area (TPSA) is 26.0 Å². The SMILES string of the molecule is NCC(CF)CC1CC1. The summed E-state index contributed by atoms with van der Waals surface area (Å²) < 4.78 is 12.0. The predicted molar refractivity (Wildman–Crippen MR) is 35.9 cm³/mol. The molecule has 1 aliphatic carbocycles. The Morgan fingerprint density at radius 1 is 1.56 bits per heavy atom. The van der Waals surface area contributed by atoms with Crippen molar-refractivity contribution in [1.82, 2.24) is 0 Å². The van der Waals surface area contributed by atoms with Crippen LogP contribution in [0.1, 0.15) is 19.3 Å². The van der Waals surface area contributed by atoms with E-state index in [9.17, 15) is 4.39 Å². The average Bonchev–Trinajstić information content (AvgIpc) is 2.66. The highest BCUT2D eigenvalue weighted by Crippen LogP contribution is 2.35. The Kier molecular flexibility index (Phi) is 2.46. The maximum Gasteiger partial charge on any atom is 0.0934 e. The van der Waals surface area contributed by atoms with Gasteiger partial charge in [0, 0.05) is 0 Å². The molecule has 1 rings (SSSR count). The van der Waals surface area contributed by atoms with Crippen LogP contribution in [0, 0.1) is 11.8 Å². The van der Waals surface area contributed by atoms with Crippen molar-refractivity contribution in [2.24, 2.45) is 17.6 Å². The highest BCUT2D eigenvalue weighted by molar-refractivity contribution is 4.76. The van der Waals surface area contributed by atoms with Crippen LogP contribution >= 0.6 is 0 Å². The van der Waals surface area contributed by atoms with Crippen LogP contribution in [0.4, 0.5) is 4.39 Å². The molecule has 1 aliphatic rings. The lowest BCUT2D eigenvalue weighted by Gasteiger charge is -2.07. The molecule has 54 valence electrons. The van der Waals surface area contributed by atoms with Gasteiger partial charge >= 0.3 is 0 Å². The van der Waals surface area contributed by atoms with Crippen molar-refractivity contribution >= 4 is 0 Å². The quantitative estimate of drug-likeness (QED) is 0.612. The number of rotatable bonds is 4. The number of alkyl halides is 1. The van der Waals surface area contributed by atoms with Crippen LogP contribution in [0.15, 0.2) is 0 Å². The molecule has 0 aliphatic heterocycles. The summed E-state index contributed by atoms with van der Waals surface area (Å²) in [7, 11) is 0. The third-order valence-electron chi connectivity index (χ3n) is 1.92. The fraction of sp³-hybridized carbons (Fsp3) is 1.00. The lowest BCUT2D eigenvalue weighted by molar-refractivity contribution is 0.338. The van der Waals surface area contributed by atoms with E-state index in [0.717, 1.165) is 12.3 Å². The number of hydrogen-bond donors (Lipinski definition) is 1. The summed E-state index contributed by atoms with van der Waals surface area (Å²) >= 11 is 0. The molecule has 1 nitrogen and oxygen atoms in total. The van der Waals surface area contributed by atoms with Crippen LogP contribution in [0.3, 0.4) is 0 Å². The van der Waals surface area contributed by atoms with Gasteiger partial charge in [-0.1, -0.05) is 12.8 Å². The summed E-state index contributed by atoms with van der Waals surface area (Å²) in [6, 6.07) is 0. The Hall–Kier alpha value is -0.110. The molecular formula is C7H14FN. The zero-order valence-electron chi connectivity index (χ0n) is 5.65. The van der Waals surface area contributed by atoms with Crippen molar-refractivity contribution in [3.8, 4) is 0 Å². The second kappa shape index (κ2) is 3.16. The van der Waals surface area contributed by atoms with Crippen molar-refractivity contribution in [3.05, 3.63) is 0 Å². The minimum absolute atomic E-state index is 0.150. The fourth-order valence-electron chi connectivity index (χ4n) is 1.05. The molecule has 0 radical (unpaired) electrons. The molecule has 0 amide bonds. The van der Waals surface area contributed by atoms with Gasteiger partial charge in [-0.05, 0) is 24.8 Å². The van der Waals surface area contributed by atoms with Crippen LogP contribution in [-0.4, -0.2) is 13.2 Å². The first-order valence-electron chi connectivity index (χ1n) is 3.62. The van der Waals surface area contributed by atoms with Gasteiger partial charge in [0.05, 0.1) is 6.67 Å². The van der Waals surface area contributed by atoms with Gasteiger partial charge in [-0.3, -0.25) is 4.39 Å². The Morgan fingerprint density at radius 3 is 2.56 bits per heavy atom. The van der Waals surface area contributed by atoms with E-state index in [1.165, 1.54) is 12.8 Å². The molecule has 1 fully saturated rings. The highest BCUT2D eigenvalue weighted by atomic mass is 19.1. The molecule has 0 heterocycles. The summed E-state index contributed by atoms with van der Waals surface area (Å²) in [5, 5.41) is 0. The first-order chi connectivity index (χ1) is 4.36. The molecule has 0 aromatic rings. The molecule has 9 heavy (non-hydrogen) atoms. The maximum absolute atomic E-state index is 12.0. The van der Waals surface area contributed by atoms with Gasteiger partial charge in [-0.15, -0.1) is 0 Å². The van der Waals surface area contributed by atoms with Crippen molar-refractivity contribution in [2.45, 2.75) is 19.3 Å². The third-order valence-corrected chi connectivity index (χ3v) is 1.92. The lowest BCUT2D eigenvalue weighted by Crippen LogP contribution is -2.16. The van der Waals surface area contributed by atoms with Gasteiger partial charge in [0.15, 0.2) is 0 Å². The fourth-order valence-corrected chi connectivity index (χ4v) is 1.05. The summed E-state index contributed by atoms with van der Waals surface area (Å²) in [5.74, 6) is 0.965. The largest absolute Gasteiger partial charge is 0.330 e.